The third kappa shape index (κ3) is 4.18. The first-order valence-corrected chi connectivity index (χ1v) is 7.61. The lowest BCUT2D eigenvalue weighted by Crippen LogP contribution is -2.57. The van der Waals surface area contributed by atoms with Gasteiger partial charge in [0.15, 0.2) is 0 Å². The van der Waals surface area contributed by atoms with Gasteiger partial charge in [0.2, 0.25) is 5.91 Å². The van der Waals surface area contributed by atoms with E-state index < -0.39 is 11.1 Å². The highest BCUT2D eigenvalue weighted by atomic mass is 32.1. The maximum atomic E-state index is 11.9. The monoisotopic (exact) mass is 300 g/mol. The van der Waals surface area contributed by atoms with Crippen molar-refractivity contribution in [2.45, 2.75) is 65.1 Å². The molecule has 0 saturated heterocycles. The molecule has 0 saturated carbocycles. The quantitative estimate of drug-likeness (QED) is 0.839. The molecule has 0 aromatic carbocycles. The minimum absolute atomic E-state index is 0.0136. The SMILES string of the molecule is Cc1csc(=O)n1CCCC(=O)NC(C)(C)C(C)(C)O. The Morgan fingerprint density at radius 1 is 1.40 bits per heavy atom. The van der Waals surface area contributed by atoms with Crippen LogP contribution in [-0.2, 0) is 11.3 Å². The highest BCUT2D eigenvalue weighted by molar-refractivity contribution is 7.07. The molecule has 20 heavy (non-hydrogen) atoms. The standard InChI is InChI=1S/C14H24N2O3S/c1-10-9-20-12(18)16(10)8-6-7-11(17)15-13(2,3)14(4,5)19/h9,19H,6-8H2,1-5H3,(H,15,17). The number of nitrogens with one attached hydrogen (secondary N) is 1. The van der Waals surface area contributed by atoms with E-state index in [4.69, 9.17) is 0 Å². The van der Waals surface area contributed by atoms with E-state index in [1.807, 2.05) is 12.3 Å². The van der Waals surface area contributed by atoms with Gasteiger partial charge in [0.05, 0.1) is 11.1 Å². The zero-order valence-electron chi connectivity index (χ0n) is 12.8. The molecule has 1 heterocycles. The molecular formula is C14H24N2O3S. The van der Waals surface area contributed by atoms with Crippen LogP contribution in [0.5, 0.6) is 0 Å². The molecule has 0 bridgehead atoms. The first-order valence-electron chi connectivity index (χ1n) is 6.73. The van der Waals surface area contributed by atoms with Gasteiger partial charge in [-0.2, -0.15) is 0 Å². The Bertz CT molecular complexity index is 523. The van der Waals surface area contributed by atoms with E-state index in [1.54, 1.807) is 32.3 Å². The predicted octanol–water partition coefficient (Wildman–Crippen LogP) is 1.66. The molecule has 0 aliphatic rings. The van der Waals surface area contributed by atoms with E-state index in [9.17, 15) is 14.7 Å². The minimum atomic E-state index is -0.996. The molecule has 1 aromatic rings. The van der Waals surface area contributed by atoms with Crippen molar-refractivity contribution in [3.8, 4) is 0 Å². The van der Waals surface area contributed by atoms with E-state index in [2.05, 4.69) is 5.32 Å². The summed E-state index contributed by atoms with van der Waals surface area (Å²) in [4.78, 5) is 23.4. The molecule has 0 radical (unpaired) electrons. The van der Waals surface area contributed by atoms with Crippen molar-refractivity contribution in [1.29, 1.82) is 0 Å². The van der Waals surface area contributed by atoms with Gasteiger partial charge in [-0.25, -0.2) is 0 Å². The third-order valence-electron chi connectivity index (χ3n) is 3.74. The van der Waals surface area contributed by atoms with Gasteiger partial charge < -0.3 is 15.0 Å². The summed E-state index contributed by atoms with van der Waals surface area (Å²) in [5, 5.41) is 14.6. The normalized spacial score (nSPS) is 12.5. The molecule has 1 rings (SSSR count). The van der Waals surface area contributed by atoms with Crippen molar-refractivity contribution < 1.29 is 9.90 Å². The maximum absolute atomic E-state index is 11.9. The number of carbonyl (C=O) groups is 1. The van der Waals surface area contributed by atoms with E-state index in [-0.39, 0.29) is 10.8 Å². The maximum Gasteiger partial charge on any atom is 0.307 e. The number of rotatable bonds is 6. The first-order chi connectivity index (χ1) is 9.04. The van der Waals surface area contributed by atoms with Crippen LogP contribution in [0.3, 0.4) is 0 Å². The van der Waals surface area contributed by atoms with Gasteiger partial charge >= 0.3 is 4.87 Å². The Balaban J connectivity index is 2.48. The van der Waals surface area contributed by atoms with Crippen LogP contribution in [0, 0.1) is 6.92 Å². The van der Waals surface area contributed by atoms with Crippen LogP contribution in [0.25, 0.3) is 0 Å². The highest BCUT2D eigenvalue weighted by Gasteiger charge is 2.36. The number of aryl methyl sites for hydroxylation is 1. The minimum Gasteiger partial charge on any atom is -0.388 e. The highest BCUT2D eigenvalue weighted by Crippen LogP contribution is 2.20. The molecule has 2 N–H and O–H groups in total. The fraction of sp³-hybridized carbons (Fsp3) is 0.714. The second-order valence-corrected chi connectivity index (χ2v) is 6.95. The predicted molar refractivity (Wildman–Crippen MR) is 81.1 cm³/mol. The van der Waals surface area contributed by atoms with Crippen LogP contribution in [0.1, 0.15) is 46.2 Å². The molecule has 0 aliphatic heterocycles. The van der Waals surface area contributed by atoms with E-state index in [0.717, 1.165) is 5.69 Å². The van der Waals surface area contributed by atoms with Crippen molar-refractivity contribution in [2.75, 3.05) is 0 Å². The van der Waals surface area contributed by atoms with Crippen molar-refractivity contribution in [3.63, 3.8) is 0 Å². The van der Waals surface area contributed by atoms with Gasteiger partial charge in [0.25, 0.3) is 0 Å². The Kier molecular flexibility index (Phi) is 5.15. The zero-order valence-corrected chi connectivity index (χ0v) is 13.6. The molecule has 6 heteroatoms. The number of aliphatic hydroxyl groups is 1. The van der Waals surface area contributed by atoms with E-state index in [1.165, 1.54) is 11.3 Å². The van der Waals surface area contributed by atoms with Crippen LogP contribution in [-0.4, -0.2) is 26.7 Å². The molecule has 0 fully saturated rings. The van der Waals surface area contributed by atoms with Gasteiger partial charge in [-0.15, -0.1) is 0 Å². The van der Waals surface area contributed by atoms with Gasteiger partial charge in [-0.05, 0) is 41.0 Å². The van der Waals surface area contributed by atoms with Crippen molar-refractivity contribution in [2.24, 2.45) is 0 Å². The van der Waals surface area contributed by atoms with E-state index >= 15 is 0 Å². The topological polar surface area (TPSA) is 71.3 Å². The van der Waals surface area contributed by atoms with Gasteiger partial charge in [-0.1, -0.05) is 11.3 Å². The summed E-state index contributed by atoms with van der Waals surface area (Å²) in [7, 11) is 0. The van der Waals surface area contributed by atoms with Gasteiger partial charge in [0.1, 0.15) is 0 Å². The lowest BCUT2D eigenvalue weighted by molar-refractivity contribution is -0.126. The van der Waals surface area contributed by atoms with E-state index in [0.29, 0.717) is 19.4 Å². The molecule has 114 valence electrons. The number of carbonyl (C=O) groups excluding carboxylic acids is 1. The molecule has 1 aromatic heterocycles. The molecule has 5 nitrogen and oxygen atoms in total. The lowest BCUT2D eigenvalue weighted by atomic mass is 9.86. The van der Waals surface area contributed by atoms with Crippen LogP contribution >= 0.6 is 11.3 Å². The Morgan fingerprint density at radius 2 is 2.00 bits per heavy atom. The molecular weight excluding hydrogens is 276 g/mol. The molecule has 0 atom stereocenters. The van der Waals surface area contributed by atoms with Crippen molar-refractivity contribution in [3.05, 3.63) is 20.7 Å². The average molecular weight is 300 g/mol. The summed E-state index contributed by atoms with van der Waals surface area (Å²) in [6.07, 6.45) is 0.937. The fourth-order valence-corrected chi connectivity index (χ4v) is 2.40. The second-order valence-electron chi connectivity index (χ2n) is 6.13. The molecule has 1 amide bonds. The number of nitrogens with zero attached hydrogens (tertiary/aromatic N) is 1. The summed E-state index contributed by atoms with van der Waals surface area (Å²) in [5.41, 5.74) is -0.764. The second kappa shape index (κ2) is 6.10. The lowest BCUT2D eigenvalue weighted by Gasteiger charge is -2.38. The zero-order chi connectivity index (χ0) is 15.6. The van der Waals surface area contributed by atoms with Crippen LogP contribution in [0.15, 0.2) is 10.2 Å². The summed E-state index contributed by atoms with van der Waals surface area (Å²) in [5.74, 6) is -0.113. The average Bonchev–Trinajstić information content (AvgIpc) is 2.58. The smallest absolute Gasteiger partial charge is 0.307 e. The van der Waals surface area contributed by atoms with Gasteiger partial charge in [0, 0.05) is 24.0 Å². The summed E-state index contributed by atoms with van der Waals surface area (Å²) in [6, 6.07) is 0. The van der Waals surface area contributed by atoms with Crippen molar-refractivity contribution in [1.82, 2.24) is 9.88 Å². The Morgan fingerprint density at radius 3 is 2.45 bits per heavy atom. The summed E-state index contributed by atoms with van der Waals surface area (Å²) < 4.78 is 1.68. The number of hydrogen-bond acceptors (Lipinski definition) is 4. The summed E-state index contributed by atoms with van der Waals surface area (Å²) >= 11 is 1.18. The number of thiazole rings is 1. The number of amides is 1. The number of hydrogen-bond donors (Lipinski definition) is 2. The van der Waals surface area contributed by atoms with Gasteiger partial charge in [-0.3, -0.25) is 9.59 Å². The van der Waals surface area contributed by atoms with Crippen molar-refractivity contribution >= 4 is 17.2 Å². The van der Waals surface area contributed by atoms with Crippen LogP contribution in [0.2, 0.25) is 0 Å². The third-order valence-corrected chi connectivity index (χ3v) is 4.62. The number of aromatic nitrogens is 1. The molecule has 0 unspecified atom stereocenters. The largest absolute Gasteiger partial charge is 0.388 e. The van der Waals surface area contributed by atoms with Crippen LogP contribution in [0.4, 0.5) is 0 Å². The first kappa shape index (κ1) is 16.9. The Labute approximate surface area is 123 Å². The Hall–Kier alpha value is -1.14. The summed E-state index contributed by atoms with van der Waals surface area (Å²) in [6.45, 7) is 9.35. The fourth-order valence-electron chi connectivity index (χ4n) is 1.64. The molecule has 0 spiro atoms. The van der Waals surface area contributed by atoms with Crippen LogP contribution < -0.4 is 10.2 Å². The molecule has 0 aliphatic carbocycles.